The van der Waals surface area contributed by atoms with Gasteiger partial charge in [0.1, 0.15) is 10.6 Å². The molecule has 1 aliphatic rings. The van der Waals surface area contributed by atoms with Crippen molar-refractivity contribution in [2.45, 2.75) is 24.2 Å². The third kappa shape index (κ3) is 5.01. The Balaban J connectivity index is 1.83. The number of halogens is 4. The summed E-state index contributed by atoms with van der Waals surface area (Å²) in [6, 6.07) is 10.7. The molecule has 1 heterocycles. The average Bonchev–Trinajstić information content (AvgIpc) is 2.66. The third-order valence-corrected chi connectivity index (χ3v) is 7.14. The van der Waals surface area contributed by atoms with E-state index in [1.807, 2.05) is 36.1 Å². The van der Waals surface area contributed by atoms with Gasteiger partial charge in [-0.2, -0.15) is 4.31 Å². The monoisotopic (exact) mass is 508 g/mol. The fourth-order valence-corrected chi connectivity index (χ4v) is 5.29. The molecule has 0 aliphatic carbocycles. The summed E-state index contributed by atoms with van der Waals surface area (Å²) in [7, 11) is -2.62. The summed E-state index contributed by atoms with van der Waals surface area (Å²) in [4.78, 5) is 1.52. The molecular formula is C19H20BrF3N2O4S. The van der Waals surface area contributed by atoms with Crippen molar-refractivity contribution in [3.8, 4) is 11.5 Å². The van der Waals surface area contributed by atoms with E-state index in [9.17, 15) is 21.6 Å². The zero-order valence-electron chi connectivity index (χ0n) is 16.2. The van der Waals surface area contributed by atoms with E-state index in [-0.39, 0.29) is 23.6 Å². The van der Waals surface area contributed by atoms with Crippen molar-refractivity contribution < 1.29 is 31.1 Å². The maximum absolute atomic E-state index is 13.1. The molecule has 1 unspecified atom stereocenters. The Morgan fingerprint density at radius 3 is 2.33 bits per heavy atom. The van der Waals surface area contributed by atoms with Crippen molar-refractivity contribution in [1.29, 1.82) is 0 Å². The number of sulfonamides is 1. The number of benzene rings is 2. The molecule has 0 saturated carbocycles. The Morgan fingerprint density at radius 2 is 1.77 bits per heavy atom. The summed E-state index contributed by atoms with van der Waals surface area (Å²) >= 11 is 3.05. The van der Waals surface area contributed by atoms with E-state index in [2.05, 4.69) is 20.7 Å². The first-order valence-electron chi connectivity index (χ1n) is 8.97. The molecule has 0 N–H and O–H groups in total. The lowest BCUT2D eigenvalue weighted by Gasteiger charge is -2.40. The van der Waals surface area contributed by atoms with Gasteiger partial charge in [0, 0.05) is 35.8 Å². The zero-order valence-corrected chi connectivity index (χ0v) is 18.6. The van der Waals surface area contributed by atoms with Crippen LogP contribution in [0.15, 0.2) is 51.8 Å². The van der Waals surface area contributed by atoms with Gasteiger partial charge in [-0.15, -0.1) is 13.2 Å². The SMILES string of the molecule is COc1ccc(N2CCN(S(=O)(=O)c3ccc(Br)cc3OC(F)(F)F)CC2C)cc1. The Kier molecular flexibility index (Phi) is 6.54. The van der Waals surface area contributed by atoms with Gasteiger partial charge >= 0.3 is 6.36 Å². The molecule has 0 bridgehead atoms. The Bertz CT molecular complexity index is 1000. The minimum absolute atomic E-state index is 0.121. The second-order valence-electron chi connectivity index (χ2n) is 6.74. The molecule has 3 rings (SSSR count). The molecule has 1 saturated heterocycles. The molecule has 2 aromatic carbocycles. The van der Waals surface area contributed by atoms with E-state index in [4.69, 9.17) is 4.74 Å². The van der Waals surface area contributed by atoms with Gasteiger partial charge < -0.3 is 14.4 Å². The van der Waals surface area contributed by atoms with Gasteiger partial charge in [-0.05, 0) is 49.4 Å². The van der Waals surface area contributed by atoms with Crippen LogP contribution in [0.3, 0.4) is 0 Å². The number of piperazine rings is 1. The highest BCUT2D eigenvalue weighted by Gasteiger charge is 2.38. The van der Waals surface area contributed by atoms with E-state index >= 15 is 0 Å². The van der Waals surface area contributed by atoms with Crippen molar-refractivity contribution in [1.82, 2.24) is 4.31 Å². The number of nitrogens with zero attached hydrogens (tertiary/aromatic N) is 2. The molecule has 30 heavy (non-hydrogen) atoms. The van der Waals surface area contributed by atoms with Crippen LogP contribution in [0.2, 0.25) is 0 Å². The molecule has 6 nitrogen and oxygen atoms in total. The molecule has 2 aromatic rings. The van der Waals surface area contributed by atoms with Crippen molar-refractivity contribution in [3.63, 3.8) is 0 Å². The molecule has 0 spiro atoms. The minimum atomic E-state index is -5.01. The number of hydrogen-bond acceptors (Lipinski definition) is 5. The topological polar surface area (TPSA) is 59.1 Å². The predicted octanol–water partition coefficient (Wildman–Crippen LogP) is 4.26. The fourth-order valence-electron chi connectivity index (χ4n) is 3.34. The Labute approximate surface area is 181 Å². The number of ether oxygens (including phenoxy) is 2. The molecule has 0 amide bonds. The maximum atomic E-state index is 13.1. The number of hydrogen-bond donors (Lipinski definition) is 0. The maximum Gasteiger partial charge on any atom is 0.573 e. The minimum Gasteiger partial charge on any atom is -0.497 e. The first-order valence-corrected chi connectivity index (χ1v) is 11.2. The number of alkyl halides is 3. The van der Waals surface area contributed by atoms with Crippen LogP contribution in [0.4, 0.5) is 18.9 Å². The average molecular weight is 509 g/mol. The summed E-state index contributed by atoms with van der Waals surface area (Å²) in [5, 5.41) is 0. The lowest BCUT2D eigenvalue weighted by Crippen LogP contribution is -2.53. The molecular weight excluding hydrogens is 489 g/mol. The van der Waals surface area contributed by atoms with Crippen molar-refractivity contribution in [2.75, 3.05) is 31.6 Å². The van der Waals surface area contributed by atoms with E-state index < -0.39 is 27.0 Å². The van der Waals surface area contributed by atoms with Gasteiger partial charge in [-0.3, -0.25) is 0 Å². The van der Waals surface area contributed by atoms with Gasteiger partial charge in [0.2, 0.25) is 10.0 Å². The highest BCUT2D eigenvalue weighted by molar-refractivity contribution is 9.10. The summed E-state index contributed by atoms with van der Waals surface area (Å²) in [6.07, 6.45) is -5.01. The molecule has 1 atom stereocenters. The number of rotatable bonds is 5. The highest BCUT2D eigenvalue weighted by atomic mass is 79.9. The molecule has 164 valence electrons. The van der Waals surface area contributed by atoms with Gasteiger partial charge in [0.15, 0.2) is 5.75 Å². The lowest BCUT2D eigenvalue weighted by molar-refractivity contribution is -0.275. The van der Waals surface area contributed by atoms with Crippen LogP contribution in [0, 0.1) is 0 Å². The van der Waals surface area contributed by atoms with Crippen LogP contribution >= 0.6 is 15.9 Å². The van der Waals surface area contributed by atoms with Crippen LogP contribution in [-0.2, 0) is 10.0 Å². The largest absolute Gasteiger partial charge is 0.573 e. The van der Waals surface area contributed by atoms with Crippen molar-refractivity contribution in [2.24, 2.45) is 0 Å². The molecule has 1 aliphatic heterocycles. The van der Waals surface area contributed by atoms with Gasteiger partial charge in [0.25, 0.3) is 0 Å². The Morgan fingerprint density at radius 1 is 1.10 bits per heavy atom. The number of methoxy groups -OCH3 is 1. The predicted molar refractivity (Wildman–Crippen MR) is 109 cm³/mol. The van der Waals surface area contributed by atoms with E-state index in [0.29, 0.717) is 12.3 Å². The normalized spacial score (nSPS) is 18.3. The lowest BCUT2D eigenvalue weighted by atomic mass is 10.2. The van der Waals surface area contributed by atoms with Crippen LogP contribution in [0.5, 0.6) is 11.5 Å². The van der Waals surface area contributed by atoms with Crippen LogP contribution in [0.25, 0.3) is 0 Å². The van der Waals surface area contributed by atoms with E-state index in [0.717, 1.165) is 17.8 Å². The van der Waals surface area contributed by atoms with E-state index in [1.54, 1.807) is 7.11 Å². The molecule has 0 aromatic heterocycles. The first kappa shape index (κ1) is 22.7. The van der Waals surface area contributed by atoms with Gasteiger partial charge in [0.05, 0.1) is 7.11 Å². The molecule has 1 fully saturated rings. The standard InChI is InChI=1S/C19H20BrF3N2O4S/c1-13-12-24(9-10-25(13)15-4-6-16(28-2)7-5-15)30(26,27)18-8-3-14(20)11-17(18)29-19(21,22)23/h3-8,11,13H,9-10,12H2,1-2H3. The first-order chi connectivity index (χ1) is 14.0. The highest BCUT2D eigenvalue weighted by Crippen LogP contribution is 2.35. The quantitative estimate of drug-likeness (QED) is 0.603. The zero-order chi connectivity index (χ0) is 22.1. The summed E-state index contributed by atoms with van der Waals surface area (Å²) in [6.45, 7) is 2.50. The fraction of sp³-hybridized carbons (Fsp3) is 0.368. The van der Waals surface area contributed by atoms with Gasteiger partial charge in [-0.25, -0.2) is 8.42 Å². The van der Waals surface area contributed by atoms with Crippen LogP contribution in [0.1, 0.15) is 6.92 Å². The van der Waals surface area contributed by atoms with Crippen molar-refractivity contribution in [3.05, 3.63) is 46.9 Å². The van der Waals surface area contributed by atoms with Gasteiger partial charge in [-0.1, -0.05) is 15.9 Å². The smallest absolute Gasteiger partial charge is 0.497 e. The Hall–Kier alpha value is -1.98. The summed E-state index contributed by atoms with van der Waals surface area (Å²) < 4.78 is 75.1. The summed E-state index contributed by atoms with van der Waals surface area (Å²) in [5.74, 6) is -0.0536. The molecule has 0 radical (unpaired) electrons. The second-order valence-corrected chi connectivity index (χ2v) is 9.56. The molecule has 11 heteroatoms. The number of anilines is 1. The summed E-state index contributed by atoms with van der Waals surface area (Å²) in [5.41, 5.74) is 0.907. The third-order valence-electron chi connectivity index (χ3n) is 4.74. The van der Waals surface area contributed by atoms with E-state index in [1.165, 1.54) is 10.4 Å². The van der Waals surface area contributed by atoms with Crippen molar-refractivity contribution >= 4 is 31.6 Å². The van der Waals surface area contributed by atoms with Crippen LogP contribution < -0.4 is 14.4 Å². The second kappa shape index (κ2) is 8.64. The van der Waals surface area contributed by atoms with Crippen LogP contribution in [-0.4, -0.2) is 51.9 Å².